The van der Waals surface area contributed by atoms with Crippen LogP contribution < -0.4 is 5.32 Å². The van der Waals surface area contributed by atoms with E-state index in [1.165, 1.54) is 11.3 Å². The number of nitrogens with zero attached hydrogens (tertiary/aromatic N) is 1. The molecule has 0 aliphatic carbocycles. The van der Waals surface area contributed by atoms with Gasteiger partial charge >= 0.3 is 6.03 Å². The summed E-state index contributed by atoms with van der Waals surface area (Å²) >= 11 is 1.44. The van der Waals surface area contributed by atoms with E-state index in [9.17, 15) is 13.2 Å². The first kappa shape index (κ1) is 15.1. The van der Waals surface area contributed by atoms with Gasteiger partial charge in [-0.2, -0.15) is 0 Å². The fourth-order valence-electron chi connectivity index (χ4n) is 2.50. The van der Waals surface area contributed by atoms with Crippen LogP contribution in [0.3, 0.4) is 0 Å². The first-order valence-electron chi connectivity index (χ1n) is 6.96. The summed E-state index contributed by atoms with van der Waals surface area (Å²) in [5.74, 6) is 0. The van der Waals surface area contributed by atoms with Crippen molar-refractivity contribution >= 4 is 32.2 Å². The summed E-state index contributed by atoms with van der Waals surface area (Å²) in [5.41, 5.74) is 0. The molecule has 1 unspecified atom stereocenters. The van der Waals surface area contributed by atoms with Crippen molar-refractivity contribution in [2.24, 2.45) is 0 Å². The largest absolute Gasteiger partial charge is 0.323 e. The maximum absolute atomic E-state index is 12.6. The minimum Gasteiger partial charge on any atom is -0.323 e. The van der Waals surface area contributed by atoms with Crippen molar-refractivity contribution in [3.05, 3.63) is 47.8 Å². The van der Waals surface area contributed by atoms with Crippen molar-refractivity contribution in [1.29, 1.82) is 0 Å². The molecule has 2 heterocycles. The zero-order valence-electron chi connectivity index (χ0n) is 11.8. The molecular formula is C15H16N2O3S2. The number of nitrogens with one attached hydrogen (secondary N) is 1. The van der Waals surface area contributed by atoms with Gasteiger partial charge in [0.15, 0.2) is 9.84 Å². The van der Waals surface area contributed by atoms with Crippen LogP contribution in [0.25, 0.3) is 0 Å². The van der Waals surface area contributed by atoms with Crippen LogP contribution in [0.2, 0.25) is 0 Å². The molecule has 22 heavy (non-hydrogen) atoms. The summed E-state index contributed by atoms with van der Waals surface area (Å²) in [6.45, 7) is 0.683. The molecule has 0 spiro atoms. The molecule has 1 aromatic heterocycles. The maximum atomic E-state index is 12.6. The molecule has 2 amide bonds. The molecule has 1 saturated heterocycles. The van der Waals surface area contributed by atoms with E-state index in [2.05, 4.69) is 5.32 Å². The number of thiophene rings is 1. The highest BCUT2D eigenvalue weighted by atomic mass is 32.2. The highest BCUT2D eigenvalue weighted by Crippen LogP contribution is 2.24. The Kier molecular flexibility index (Phi) is 4.17. The number of anilines is 1. The quantitative estimate of drug-likeness (QED) is 0.937. The second-order valence-corrected chi connectivity index (χ2v) is 8.30. The van der Waals surface area contributed by atoms with Crippen LogP contribution >= 0.6 is 11.3 Å². The number of hydrogen-bond acceptors (Lipinski definition) is 4. The molecule has 1 atom stereocenters. The number of benzene rings is 1. The van der Waals surface area contributed by atoms with Gasteiger partial charge < -0.3 is 4.90 Å². The molecule has 1 aliphatic rings. The second kappa shape index (κ2) is 6.10. The van der Waals surface area contributed by atoms with Crippen LogP contribution in [0.4, 0.5) is 9.80 Å². The third-order valence-electron chi connectivity index (χ3n) is 3.69. The van der Waals surface area contributed by atoms with E-state index in [1.807, 2.05) is 17.5 Å². The Labute approximate surface area is 133 Å². The van der Waals surface area contributed by atoms with Gasteiger partial charge in [0.2, 0.25) is 0 Å². The number of amides is 2. The molecule has 1 N–H and O–H groups in total. The Bertz CT molecular complexity index is 742. The number of carbonyl (C=O) groups excluding carboxylic acids is 1. The number of rotatable bonds is 3. The average molecular weight is 336 g/mol. The van der Waals surface area contributed by atoms with E-state index in [1.54, 1.807) is 35.2 Å². The SMILES string of the molecule is O=C(Nc1cccs1)N1CCC(S(=O)(=O)c2ccccc2)C1. The topological polar surface area (TPSA) is 66.5 Å². The number of likely N-dealkylation sites (tertiary alicyclic amines) is 1. The number of urea groups is 1. The molecule has 1 aliphatic heterocycles. The van der Waals surface area contributed by atoms with Crippen LogP contribution in [-0.4, -0.2) is 37.7 Å². The van der Waals surface area contributed by atoms with E-state index in [4.69, 9.17) is 0 Å². The summed E-state index contributed by atoms with van der Waals surface area (Å²) in [6.07, 6.45) is 0.467. The summed E-state index contributed by atoms with van der Waals surface area (Å²) in [7, 11) is -3.39. The molecule has 2 aromatic rings. The van der Waals surface area contributed by atoms with Gasteiger partial charge in [-0.05, 0) is 36.1 Å². The molecule has 5 nitrogen and oxygen atoms in total. The summed E-state index contributed by atoms with van der Waals surface area (Å²) in [4.78, 5) is 14.0. The summed E-state index contributed by atoms with van der Waals surface area (Å²) in [5, 5.41) is 4.89. The smallest absolute Gasteiger partial charge is 0.322 e. The highest BCUT2D eigenvalue weighted by Gasteiger charge is 2.36. The van der Waals surface area contributed by atoms with Gasteiger partial charge in [0.05, 0.1) is 15.1 Å². The zero-order valence-corrected chi connectivity index (χ0v) is 13.4. The summed E-state index contributed by atoms with van der Waals surface area (Å²) < 4.78 is 25.1. The first-order chi connectivity index (χ1) is 10.6. The van der Waals surface area contributed by atoms with Crippen molar-refractivity contribution in [3.8, 4) is 0 Å². The predicted molar refractivity (Wildman–Crippen MR) is 86.9 cm³/mol. The van der Waals surface area contributed by atoms with Gasteiger partial charge in [-0.1, -0.05) is 18.2 Å². The van der Waals surface area contributed by atoms with Crippen molar-refractivity contribution in [1.82, 2.24) is 4.90 Å². The third kappa shape index (κ3) is 3.00. The molecule has 1 aromatic carbocycles. The van der Waals surface area contributed by atoms with Crippen LogP contribution in [0.1, 0.15) is 6.42 Å². The molecule has 0 radical (unpaired) electrons. The zero-order chi connectivity index (χ0) is 15.6. The van der Waals surface area contributed by atoms with E-state index >= 15 is 0 Å². The van der Waals surface area contributed by atoms with Crippen LogP contribution in [0.5, 0.6) is 0 Å². The molecule has 0 bridgehead atoms. The number of hydrogen-bond donors (Lipinski definition) is 1. The average Bonchev–Trinajstić information content (AvgIpc) is 3.19. The van der Waals surface area contributed by atoms with E-state index in [-0.39, 0.29) is 12.6 Å². The first-order valence-corrected chi connectivity index (χ1v) is 9.38. The Hall–Kier alpha value is -1.86. The number of sulfone groups is 1. The molecule has 116 valence electrons. The third-order valence-corrected chi connectivity index (χ3v) is 6.67. The van der Waals surface area contributed by atoms with E-state index in [0.29, 0.717) is 17.9 Å². The van der Waals surface area contributed by atoms with Crippen molar-refractivity contribution in [2.75, 3.05) is 18.4 Å². The Morgan fingerprint density at radius 3 is 2.64 bits per heavy atom. The molecule has 3 rings (SSSR count). The molecule has 0 saturated carbocycles. The van der Waals surface area contributed by atoms with Crippen LogP contribution in [-0.2, 0) is 9.84 Å². The molecule has 7 heteroatoms. The van der Waals surface area contributed by atoms with Gasteiger partial charge in [0.1, 0.15) is 0 Å². The fraction of sp³-hybridized carbons (Fsp3) is 0.267. The summed E-state index contributed by atoms with van der Waals surface area (Å²) in [6, 6.07) is 11.8. The lowest BCUT2D eigenvalue weighted by Gasteiger charge is -2.17. The maximum Gasteiger partial charge on any atom is 0.322 e. The number of carbonyl (C=O) groups is 1. The Balaban J connectivity index is 1.68. The van der Waals surface area contributed by atoms with Gasteiger partial charge in [0.25, 0.3) is 0 Å². The van der Waals surface area contributed by atoms with Gasteiger partial charge in [0, 0.05) is 13.1 Å². The lowest BCUT2D eigenvalue weighted by molar-refractivity contribution is 0.222. The lowest BCUT2D eigenvalue weighted by atomic mass is 10.4. The van der Waals surface area contributed by atoms with Gasteiger partial charge in [-0.25, -0.2) is 13.2 Å². The minimum atomic E-state index is -3.39. The molecule has 1 fully saturated rings. The van der Waals surface area contributed by atoms with Crippen LogP contribution in [0, 0.1) is 0 Å². The molecular weight excluding hydrogens is 320 g/mol. The van der Waals surface area contributed by atoms with Crippen molar-refractivity contribution in [3.63, 3.8) is 0 Å². The Morgan fingerprint density at radius 2 is 1.95 bits per heavy atom. The van der Waals surface area contributed by atoms with E-state index in [0.717, 1.165) is 5.00 Å². The van der Waals surface area contributed by atoms with Gasteiger partial charge in [-0.15, -0.1) is 11.3 Å². The predicted octanol–water partition coefficient (Wildman–Crippen LogP) is 2.83. The van der Waals surface area contributed by atoms with Gasteiger partial charge in [-0.3, -0.25) is 5.32 Å². The standard InChI is InChI=1S/C15H16N2O3S2/c18-15(16-14-7-4-10-21-14)17-9-8-13(11-17)22(19,20)12-5-2-1-3-6-12/h1-7,10,13H,8-9,11H2,(H,16,18). The minimum absolute atomic E-state index is 0.231. The monoisotopic (exact) mass is 336 g/mol. The fourth-order valence-corrected chi connectivity index (χ4v) is 4.82. The van der Waals surface area contributed by atoms with Crippen molar-refractivity contribution < 1.29 is 13.2 Å². The van der Waals surface area contributed by atoms with E-state index < -0.39 is 15.1 Å². The van der Waals surface area contributed by atoms with Crippen molar-refractivity contribution in [2.45, 2.75) is 16.6 Å². The van der Waals surface area contributed by atoms with Crippen LogP contribution in [0.15, 0.2) is 52.7 Å². The second-order valence-electron chi connectivity index (χ2n) is 5.12. The Morgan fingerprint density at radius 1 is 1.18 bits per heavy atom. The highest BCUT2D eigenvalue weighted by molar-refractivity contribution is 7.92. The normalized spacial score (nSPS) is 18.4. The lowest BCUT2D eigenvalue weighted by Crippen LogP contribution is -2.34.